The van der Waals surface area contributed by atoms with E-state index < -0.39 is 0 Å². The SMILES string of the molecule is Cc1cc(C(=O)Nc2ccc(-c3ccccc3)cc2)n(C)n1. The number of carbonyl (C=O) groups excluding carboxylic acids is 1. The van der Waals surface area contributed by atoms with Gasteiger partial charge < -0.3 is 5.32 Å². The van der Waals surface area contributed by atoms with Crippen molar-refractivity contribution in [1.29, 1.82) is 0 Å². The first-order valence-corrected chi connectivity index (χ1v) is 7.11. The van der Waals surface area contributed by atoms with E-state index in [0.29, 0.717) is 5.69 Å². The average Bonchev–Trinajstić information content (AvgIpc) is 2.88. The summed E-state index contributed by atoms with van der Waals surface area (Å²) in [5.74, 6) is -0.157. The van der Waals surface area contributed by atoms with Gasteiger partial charge in [0.2, 0.25) is 0 Å². The number of benzene rings is 2. The molecule has 0 fully saturated rings. The van der Waals surface area contributed by atoms with Gasteiger partial charge in [0.1, 0.15) is 5.69 Å². The number of hydrogen-bond acceptors (Lipinski definition) is 2. The van der Waals surface area contributed by atoms with Crippen molar-refractivity contribution < 1.29 is 4.79 Å². The molecule has 0 atom stereocenters. The van der Waals surface area contributed by atoms with Crippen LogP contribution in [-0.4, -0.2) is 15.7 Å². The summed E-state index contributed by atoms with van der Waals surface area (Å²) >= 11 is 0. The van der Waals surface area contributed by atoms with Gasteiger partial charge in [-0.1, -0.05) is 42.5 Å². The lowest BCUT2D eigenvalue weighted by molar-refractivity contribution is 0.101. The number of nitrogens with zero attached hydrogens (tertiary/aromatic N) is 2. The van der Waals surface area contributed by atoms with Crippen LogP contribution in [-0.2, 0) is 7.05 Å². The molecule has 4 nitrogen and oxygen atoms in total. The summed E-state index contributed by atoms with van der Waals surface area (Å²) in [6.07, 6.45) is 0. The van der Waals surface area contributed by atoms with Crippen LogP contribution < -0.4 is 5.32 Å². The van der Waals surface area contributed by atoms with Crippen LogP contribution in [0.15, 0.2) is 60.7 Å². The van der Waals surface area contributed by atoms with Crippen LogP contribution >= 0.6 is 0 Å². The van der Waals surface area contributed by atoms with E-state index in [1.54, 1.807) is 17.8 Å². The van der Waals surface area contributed by atoms with Crippen molar-refractivity contribution in [2.75, 3.05) is 5.32 Å². The van der Waals surface area contributed by atoms with E-state index in [2.05, 4.69) is 22.5 Å². The first-order chi connectivity index (χ1) is 10.6. The van der Waals surface area contributed by atoms with Gasteiger partial charge in [0.25, 0.3) is 5.91 Å². The van der Waals surface area contributed by atoms with Crippen molar-refractivity contribution in [2.24, 2.45) is 7.05 Å². The number of hydrogen-bond donors (Lipinski definition) is 1. The molecule has 0 bridgehead atoms. The Morgan fingerprint density at radius 3 is 2.23 bits per heavy atom. The van der Waals surface area contributed by atoms with Gasteiger partial charge in [-0.15, -0.1) is 0 Å². The molecule has 22 heavy (non-hydrogen) atoms. The predicted molar refractivity (Wildman–Crippen MR) is 87.8 cm³/mol. The minimum atomic E-state index is -0.157. The molecule has 2 aromatic carbocycles. The zero-order valence-electron chi connectivity index (χ0n) is 12.6. The molecule has 3 aromatic rings. The van der Waals surface area contributed by atoms with Gasteiger partial charge in [0.05, 0.1) is 5.69 Å². The third-order valence-corrected chi connectivity index (χ3v) is 3.48. The summed E-state index contributed by atoms with van der Waals surface area (Å²) < 4.78 is 1.59. The Kier molecular flexibility index (Phi) is 3.74. The van der Waals surface area contributed by atoms with Gasteiger partial charge >= 0.3 is 0 Å². The summed E-state index contributed by atoms with van der Waals surface area (Å²) in [4.78, 5) is 12.2. The largest absolute Gasteiger partial charge is 0.321 e. The van der Waals surface area contributed by atoms with Crippen LogP contribution in [0.1, 0.15) is 16.2 Å². The van der Waals surface area contributed by atoms with Gasteiger partial charge in [0.15, 0.2) is 0 Å². The maximum atomic E-state index is 12.2. The number of carbonyl (C=O) groups is 1. The van der Waals surface area contributed by atoms with E-state index in [1.807, 2.05) is 49.4 Å². The van der Waals surface area contributed by atoms with Gasteiger partial charge in [-0.05, 0) is 36.2 Å². The molecule has 1 aromatic heterocycles. The zero-order valence-corrected chi connectivity index (χ0v) is 12.6. The normalized spacial score (nSPS) is 10.5. The predicted octanol–water partition coefficient (Wildman–Crippen LogP) is 3.65. The smallest absolute Gasteiger partial charge is 0.273 e. The molecule has 0 aliphatic heterocycles. The molecule has 1 amide bonds. The monoisotopic (exact) mass is 291 g/mol. The zero-order chi connectivity index (χ0) is 15.5. The Hall–Kier alpha value is -2.88. The lowest BCUT2D eigenvalue weighted by Crippen LogP contribution is -2.15. The van der Waals surface area contributed by atoms with Crippen molar-refractivity contribution in [3.05, 3.63) is 72.1 Å². The van der Waals surface area contributed by atoms with Crippen molar-refractivity contribution in [3.63, 3.8) is 0 Å². The Morgan fingerprint density at radius 2 is 1.64 bits per heavy atom. The first kappa shape index (κ1) is 14.1. The number of nitrogens with one attached hydrogen (secondary N) is 1. The average molecular weight is 291 g/mol. The Labute approximate surface area is 129 Å². The van der Waals surface area contributed by atoms with Crippen molar-refractivity contribution in [3.8, 4) is 11.1 Å². The fraction of sp³-hybridized carbons (Fsp3) is 0.111. The first-order valence-electron chi connectivity index (χ1n) is 7.11. The molecule has 0 unspecified atom stereocenters. The van der Waals surface area contributed by atoms with Gasteiger partial charge in [-0.2, -0.15) is 5.10 Å². The fourth-order valence-electron chi connectivity index (χ4n) is 2.39. The summed E-state index contributed by atoms with van der Waals surface area (Å²) in [7, 11) is 1.76. The highest BCUT2D eigenvalue weighted by atomic mass is 16.2. The Balaban J connectivity index is 1.76. The molecule has 0 spiro atoms. The maximum Gasteiger partial charge on any atom is 0.273 e. The molecule has 1 heterocycles. The molecule has 1 N–H and O–H groups in total. The summed E-state index contributed by atoms with van der Waals surface area (Å²) in [5, 5.41) is 7.07. The molecule has 4 heteroatoms. The molecule has 0 aliphatic carbocycles. The molecular formula is C18H17N3O. The van der Waals surface area contributed by atoms with Crippen LogP contribution in [0.5, 0.6) is 0 Å². The highest BCUT2D eigenvalue weighted by molar-refractivity contribution is 6.03. The third kappa shape index (κ3) is 2.91. The van der Waals surface area contributed by atoms with E-state index in [1.165, 1.54) is 0 Å². The lowest BCUT2D eigenvalue weighted by Gasteiger charge is -2.07. The molecular weight excluding hydrogens is 274 g/mol. The van der Waals surface area contributed by atoms with Crippen LogP contribution in [0.3, 0.4) is 0 Å². The van der Waals surface area contributed by atoms with Crippen molar-refractivity contribution in [2.45, 2.75) is 6.92 Å². The van der Waals surface area contributed by atoms with E-state index in [4.69, 9.17) is 0 Å². The van der Waals surface area contributed by atoms with Crippen molar-refractivity contribution in [1.82, 2.24) is 9.78 Å². The molecule has 3 rings (SSSR count). The van der Waals surface area contributed by atoms with E-state index in [0.717, 1.165) is 22.5 Å². The molecule has 0 saturated carbocycles. The number of aryl methyl sites for hydroxylation is 2. The second-order valence-electron chi connectivity index (χ2n) is 5.19. The fourth-order valence-corrected chi connectivity index (χ4v) is 2.39. The number of amides is 1. The standard InChI is InChI=1S/C18H17N3O/c1-13-12-17(21(2)20-13)18(22)19-16-10-8-15(9-11-16)14-6-4-3-5-7-14/h3-12H,1-2H3,(H,19,22). The number of aromatic nitrogens is 2. The van der Waals surface area contributed by atoms with Gasteiger partial charge in [-0.3, -0.25) is 9.48 Å². The molecule has 0 saturated heterocycles. The second kappa shape index (κ2) is 5.85. The van der Waals surface area contributed by atoms with Crippen molar-refractivity contribution >= 4 is 11.6 Å². The molecule has 110 valence electrons. The van der Waals surface area contributed by atoms with Crippen LogP contribution in [0.2, 0.25) is 0 Å². The minimum Gasteiger partial charge on any atom is -0.321 e. The molecule has 0 aliphatic rings. The maximum absolute atomic E-state index is 12.2. The minimum absolute atomic E-state index is 0.157. The topological polar surface area (TPSA) is 46.9 Å². The van der Waals surface area contributed by atoms with E-state index >= 15 is 0 Å². The number of rotatable bonds is 3. The molecule has 0 radical (unpaired) electrons. The summed E-state index contributed by atoms with van der Waals surface area (Å²) in [5.41, 5.74) is 4.41. The lowest BCUT2D eigenvalue weighted by atomic mass is 10.1. The van der Waals surface area contributed by atoms with Crippen LogP contribution in [0.25, 0.3) is 11.1 Å². The Morgan fingerprint density at radius 1 is 1.00 bits per heavy atom. The summed E-state index contributed by atoms with van der Waals surface area (Å²) in [6.45, 7) is 1.87. The van der Waals surface area contributed by atoms with E-state index in [9.17, 15) is 4.79 Å². The highest BCUT2D eigenvalue weighted by Gasteiger charge is 2.11. The number of anilines is 1. The quantitative estimate of drug-likeness (QED) is 0.800. The van der Waals surface area contributed by atoms with E-state index in [-0.39, 0.29) is 5.91 Å². The summed E-state index contributed by atoms with van der Waals surface area (Å²) in [6, 6.07) is 19.7. The Bertz CT molecular complexity index is 789. The third-order valence-electron chi connectivity index (χ3n) is 3.48. The van der Waals surface area contributed by atoms with Crippen LogP contribution in [0, 0.1) is 6.92 Å². The second-order valence-corrected chi connectivity index (χ2v) is 5.19. The van der Waals surface area contributed by atoms with Gasteiger partial charge in [0, 0.05) is 12.7 Å². The van der Waals surface area contributed by atoms with Crippen LogP contribution in [0.4, 0.5) is 5.69 Å². The van der Waals surface area contributed by atoms with Gasteiger partial charge in [-0.25, -0.2) is 0 Å². The highest BCUT2D eigenvalue weighted by Crippen LogP contribution is 2.21.